The predicted molar refractivity (Wildman–Crippen MR) is 82.9 cm³/mol. The van der Waals surface area contributed by atoms with E-state index in [2.05, 4.69) is 40.5 Å². The van der Waals surface area contributed by atoms with Gasteiger partial charge in [-0.15, -0.1) is 0 Å². The van der Waals surface area contributed by atoms with E-state index in [0.717, 1.165) is 32.4 Å². The molecule has 0 aromatic heterocycles. The monoisotopic (exact) mass is 274 g/mol. The first-order valence-electron chi connectivity index (χ1n) is 7.68. The van der Waals surface area contributed by atoms with Gasteiger partial charge in [0, 0.05) is 6.04 Å². The lowest BCUT2D eigenvalue weighted by Gasteiger charge is -2.39. The number of carbonyl (C=O) groups is 1. The summed E-state index contributed by atoms with van der Waals surface area (Å²) >= 11 is 0. The molecule has 1 N–H and O–H groups in total. The Hall–Kier alpha value is -1.19. The van der Waals surface area contributed by atoms with Crippen molar-refractivity contribution in [1.29, 1.82) is 0 Å². The Bertz CT molecular complexity index is 418. The number of aryl methyl sites for hydroxylation is 1. The maximum atomic E-state index is 11.9. The number of ketones is 1. The molecule has 1 aromatic carbocycles. The Kier molecular flexibility index (Phi) is 5.74. The molecule has 0 saturated carbocycles. The van der Waals surface area contributed by atoms with Crippen LogP contribution in [0, 0.1) is 0 Å². The van der Waals surface area contributed by atoms with Crippen LogP contribution in [-0.2, 0) is 11.2 Å². The third-order valence-electron chi connectivity index (χ3n) is 4.28. The largest absolute Gasteiger partial charge is 0.315 e. The predicted octanol–water partition coefficient (Wildman–Crippen LogP) is 2.26. The van der Waals surface area contributed by atoms with E-state index in [9.17, 15) is 4.79 Å². The third-order valence-corrected chi connectivity index (χ3v) is 4.28. The van der Waals surface area contributed by atoms with E-state index in [-0.39, 0.29) is 6.04 Å². The third kappa shape index (κ3) is 3.90. The lowest BCUT2D eigenvalue weighted by molar-refractivity contribution is -0.124. The normalized spacial score (nSPS) is 23.7. The zero-order chi connectivity index (χ0) is 14.4. The van der Waals surface area contributed by atoms with Gasteiger partial charge in [0.1, 0.15) is 5.78 Å². The standard InChI is InChI=1S/C17H26N2O/c1-14(20)17-16(18-2)11-7-13-19(17)12-6-10-15-8-4-3-5-9-15/h3-5,8-9,16-18H,6-7,10-13H2,1-2H3/t16-,17+/m1/s1. The van der Waals surface area contributed by atoms with Crippen LogP contribution in [0.25, 0.3) is 0 Å². The Morgan fingerprint density at radius 2 is 2.10 bits per heavy atom. The molecule has 0 unspecified atom stereocenters. The molecule has 2 rings (SSSR count). The summed E-state index contributed by atoms with van der Waals surface area (Å²) in [5, 5.41) is 3.31. The quantitative estimate of drug-likeness (QED) is 0.863. The second-order valence-electron chi connectivity index (χ2n) is 5.72. The number of Topliss-reactive ketones (excluding diaryl/α,β-unsaturated/α-hetero) is 1. The summed E-state index contributed by atoms with van der Waals surface area (Å²) < 4.78 is 0. The molecule has 0 amide bonds. The van der Waals surface area contributed by atoms with Crippen molar-refractivity contribution in [2.45, 2.75) is 44.7 Å². The molecule has 0 spiro atoms. The van der Waals surface area contributed by atoms with E-state index in [4.69, 9.17) is 0 Å². The van der Waals surface area contributed by atoms with Crippen molar-refractivity contribution in [3.8, 4) is 0 Å². The first kappa shape index (κ1) is 15.2. The van der Waals surface area contributed by atoms with Crippen LogP contribution in [0.4, 0.5) is 0 Å². The molecule has 3 nitrogen and oxygen atoms in total. The molecule has 110 valence electrons. The minimum absolute atomic E-state index is 0.0597. The maximum Gasteiger partial charge on any atom is 0.148 e. The smallest absolute Gasteiger partial charge is 0.148 e. The van der Waals surface area contributed by atoms with Gasteiger partial charge in [-0.3, -0.25) is 9.69 Å². The molecule has 1 saturated heterocycles. The van der Waals surface area contributed by atoms with Gasteiger partial charge in [-0.2, -0.15) is 0 Å². The molecule has 1 fully saturated rings. The topological polar surface area (TPSA) is 32.3 Å². The number of nitrogens with one attached hydrogen (secondary N) is 1. The highest BCUT2D eigenvalue weighted by molar-refractivity contribution is 5.82. The highest BCUT2D eigenvalue weighted by Crippen LogP contribution is 2.19. The fourth-order valence-electron chi connectivity index (χ4n) is 3.29. The van der Waals surface area contributed by atoms with Crippen LogP contribution in [0.3, 0.4) is 0 Å². The number of nitrogens with zero attached hydrogens (tertiary/aromatic N) is 1. The second-order valence-corrected chi connectivity index (χ2v) is 5.72. The number of likely N-dealkylation sites (tertiary alicyclic amines) is 1. The van der Waals surface area contributed by atoms with Crippen molar-refractivity contribution in [2.75, 3.05) is 20.1 Å². The minimum Gasteiger partial charge on any atom is -0.315 e. The number of hydrogen-bond donors (Lipinski definition) is 1. The molecule has 1 aliphatic rings. The average molecular weight is 274 g/mol. The highest BCUT2D eigenvalue weighted by atomic mass is 16.1. The van der Waals surface area contributed by atoms with Crippen LogP contribution < -0.4 is 5.32 Å². The molecule has 1 aliphatic heterocycles. The van der Waals surface area contributed by atoms with Crippen molar-refractivity contribution in [1.82, 2.24) is 10.2 Å². The van der Waals surface area contributed by atoms with Gasteiger partial charge in [-0.25, -0.2) is 0 Å². The van der Waals surface area contributed by atoms with Crippen molar-refractivity contribution in [3.63, 3.8) is 0 Å². The number of carbonyl (C=O) groups excluding carboxylic acids is 1. The fraction of sp³-hybridized carbons (Fsp3) is 0.588. The van der Waals surface area contributed by atoms with Gasteiger partial charge < -0.3 is 5.32 Å². The Balaban J connectivity index is 1.88. The molecule has 20 heavy (non-hydrogen) atoms. The first-order valence-corrected chi connectivity index (χ1v) is 7.68. The molecular weight excluding hydrogens is 248 g/mol. The summed E-state index contributed by atoms with van der Waals surface area (Å²) in [6.45, 7) is 3.79. The first-order chi connectivity index (χ1) is 9.72. The Morgan fingerprint density at radius 1 is 1.35 bits per heavy atom. The summed E-state index contributed by atoms with van der Waals surface area (Å²) in [7, 11) is 1.97. The molecule has 2 atom stereocenters. The van der Waals surface area contributed by atoms with Crippen LogP contribution in [0.5, 0.6) is 0 Å². The Labute approximate surface area is 122 Å². The lowest BCUT2D eigenvalue weighted by Crippen LogP contribution is -2.56. The lowest BCUT2D eigenvalue weighted by atomic mass is 9.93. The van der Waals surface area contributed by atoms with Crippen LogP contribution in [0.1, 0.15) is 31.7 Å². The van der Waals surface area contributed by atoms with Gasteiger partial charge in [-0.05, 0) is 58.3 Å². The minimum atomic E-state index is 0.0597. The number of piperidine rings is 1. The van der Waals surface area contributed by atoms with E-state index in [1.807, 2.05) is 7.05 Å². The van der Waals surface area contributed by atoms with E-state index in [1.165, 1.54) is 12.0 Å². The molecular formula is C17H26N2O. The zero-order valence-corrected chi connectivity index (χ0v) is 12.6. The van der Waals surface area contributed by atoms with E-state index >= 15 is 0 Å². The van der Waals surface area contributed by atoms with E-state index in [0.29, 0.717) is 11.8 Å². The molecule has 3 heteroatoms. The van der Waals surface area contributed by atoms with E-state index in [1.54, 1.807) is 6.92 Å². The van der Waals surface area contributed by atoms with Gasteiger partial charge in [0.2, 0.25) is 0 Å². The van der Waals surface area contributed by atoms with Crippen LogP contribution >= 0.6 is 0 Å². The van der Waals surface area contributed by atoms with E-state index < -0.39 is 0 Å². The SMILES string of the molecule is CN[C@@H]1CCCN(CCCc2ccccc2)[C@H]1C(C)=O. The molecule has 0 radical (unpaired) electrons. The Morgan fingerprint density at radius 3 is 2.75 bits per heavy atom. The highest BCUT2D eigenvalue weighted by Gasteiger charge is 2.33. The zero-order valence-electron chi connectivity index (χ0n) is 12.6. The molecule has 1 heterocycles. The van der Waals surface area contributed by atoms with Gasteiger partial charge >= 0.3 is 0 Å². The number of benzene rings is 1. The number of hydrogen-bond acceptors (Lipinski definition) is 3. The van der Waals surface area contributed by atoms with Crippen molar-refractivity contribution < 1.29 is 4.79 Å². The summed E-state index contributed by atoms with van der Waals surface area (Å²) in [5.74, 6) is 0.295. The maximum absolute atomic E-state index is 11.9. The van der Waals surface area contributed by atoms with Crippen LogP contribution in [0.2, 0.25) is 0 Å². The van der Waals surface area contributed by atoms with Crippen LogP contribution in [-0.4, -0.2) is 42.9 Å². The van der Waals surface area contributed by atoms with Crippen molar-refractivity contribution in [3.05, 3.63) is 35.9 Å². The number of likely N-dealkylation sites (N-methyl/N-ethyl adjacent to an activating group) is 1. The molecule has 1 aromatic rings. The molecule has 0 aliphatic carbocycles. The average Bonchev–Trinajstić information content (AvgIpc) is 2.47. The van der Waals surface area contributed by atoms with Crippen molar-refractivity contribution >= 4 is 5.78 Å². The van der Waals surface area contributed by atoms with Gasteiger partial charge in [-0.1, -0.05) is 30.3 Å². The van der Waals surface area contributed by atoms with Crippen LogP contribution in [0.15, 0.2) is 30.3 Å². The van der Waals surface area contributed by atoms with Gasteiger partial charge in [0.15, 0.2) is 0 Å². The summed E-state index contributed by atoms with van der Waals surface area (Å²) in [6.07, 6.45) is 4.49. The fourth-order valence-corrected chi connectivity index (χ4v) is 3.29. The summed E-state index contributed by atoms with van der Waals surface area (Å²) in [4.78, 5) is 14.3. The van der Waals surface area contributed by atoms with Gasteiger partial charge in [0.25, 0.3) is 0 Å². The second kappa shape index (κ2) is 7.55. The molecule has 0 bridgehead atoms. The van der Waals surface area contributed by atoms with Gasteiger partial charge in [0.05, 0.1) is 6.04 Å². The van der Waals surface area contributed by atoms with Crippen molar-refractivity contribution in [2.24, 2.45) is 0 Å². The number of rotatable bonds is 6. The summed E-state index contributed by atoms with van der Waals surface area (Å²) in [6, 6.07) is 11.0. The summed E-state index contributed by atoms with van der Waals surface area (Å²) in [5.41, 5.74) is 1.38.